The molecule has 1 aromatic carbocycles. The van der Waals surface area contributed by atoms with Crippen molar-refractivity contribution in [1.29, 1.82) is 0 Å². The molecule has 0 radical (unpaired) electrons. The fraction of sp³-hybridized carbons (Fsp3) is 0. The Bertz CT molecular complexity index is 732. The van der Waals surface area contributed by atoms with Crippen molar-refractivity contribution in [2.45, 2.75) is 0 Å². The summed E-state index contributed by atoms with van der Waals surface area (Å²) in [5, 5.41) is 11.9. The van der Waals surface area contributed by atoms with Crippen LogP contribution in [0.25, 0.3) is 5.65 Å². The second-order valence-electron chi connectivity index (χ2n) is 4.11. The van der Waals surface area contributed by atoms with E-state index in [0.717, 1.165) is 5.65 Å². The van der Waals surface area contributed by atoms with Gasteiger partial charge in [0.15, 0.2) is 0 Å². The number of nitrogens with zero attached hydrogens (tertiary/aromatic N) is 2. The number of nitrogens with one attached hydrogen (secondary N) is 1. The number of pyridine rings is 1. The minimum Gasteiger partial charge on any atom is -0.508 e. The summed E-state index contributed by atoms with van der Waals surface area (Å²) in [6.45, 7) is 0. The van der Waals surface area contributed by atoms with Crippen molar-refractivity contribution in [2.24, 2.45) is 0 Å². The van der Waals surface area contributed by atoms with Crippen LogP contribution in [0.2, 0.25) is 0 Å². The molecule has 0 aliphatic heterocycles. The monoisotopic (exact) mass is 253 g/mol. The van der Waals surface area contributed by atoms with Gasteiger partial charge in [-0.1, -0.05) is 0 Å². The predicted octanol–water partition coefficient (Wildman–Crippen LogP) is 2.29. The van der Waals surface area contributed by atoms with E-state index < -0.39 is 0 Å². The van der Waals surface area contributed by atoms with E-state index in [2.05, 4.69) is 10.3 Å². The highest BCUT2D eigenvalue weighted by Gasteiger charge is 2.07. The molecule has 0 bridgehead atoms. The first-order valence-corrected chi connectivity index (χ1v) is 5.75. The molecule has 0 aliphatic carbocycles. The molecule has 5 nitrogen and oxygen atoms in total. The van der Waals surface area contributed by atoms with E-state index in [9.17, 15) is 9.90 Å². The number of aromatic hydroxyl groups is 1. The molecule has 0 spiro atoms. The topological polar surface area (TPSA) is 66.6 Å². The van der Waals surface area contributed by atoms with Gasteiger partial charge in [0.05, 0.1) is 5.56 Å². The van der Waals surface area contributed by atoms with Crippen molar-refractivity contribution < 1.29 is 9.90 Å². The van der Waals surface area contributed by atoms with Gasteiger partial charge in [0.1, 0.15) is 11.4 Å². The number of aromatic nitrogens is 2. The van der Waals surface area contributed by atoms with Crippen LogP contribution >= 0.6 is 0 Å². The zero-order chi connectivity index (χ0) is 13.2. The Balaban J connectivity index is 1.84. The van der Waals surface area contributed by atoms with Crippen molar-refractivity contribution in [3.63, 3.8) is 0 Å². The van der Waals surface area contributed by atoms with Gasteiger partial charge in [-0.3, -0.25) is 4.79 Å². The number of amides is 1. The first kappa shape index (κ1) is 11.3. The van der Waals surface area contributed by atoms with Crippen LogP contribution in [-0.2, 0) is 0 Å². The molecule has 3 rings (SSSR count). The average Bonchev–Trinajstić information content (AvgIpc) is 2.88. The highest BCUT2D eigenvalue weighted by Crippen LogP contribution is 2.15. The maximum absolute atomic E-state index is 12.1. The lowest BCUT2D eigenvalue weighted by molar-refractivity contribution is 0.102. The Morgan fingerprint density at radius 2 is 1.95 bits per heavy atom. The van der Waals surface area contributed by atoms with E-state index in [0.29, 0.717) is 11.3 Å². The lowest BCUT2D eigenvalue weighted by Gasteiger charge is -2.05. The number of carbonyl (C=O) groups is 1. The SMILES string of the molecule is O=C(Nc1ccc(O)cc1)c1ccc2nccn2c1. The normalized spacial score (nSPS) is 10.5. The molecule has 0 saturated heterocycles. The van der Waals surface area contributed by atoms with Gasteiger partial charge in [0.2, 0.25) is 0 Å². The lowest BCUT2D eigenvalue weighted by Crippen LogP contribution is -2.12. The number of hydrogen-bond donors (Lipinski definition) is 2. The number of phenols is 1. The van der Waals surface area contributed by atoms with Crippen LogP contribution in [0.3, 0.4) is 0 Å². The summed E-state index contributed by atoms with van der Waals surface area (Å²) >= 11 is 0. The summed E-state index contributed by atoms with van der Waals surface area (Å²) in [5.41, 5.74) is 1.97. The number of imidazole rings is 1. The first-order valence-electron chi connectivity index (χ1n) is 5.75. The highest BCUT2D eigenvalue weighted by atomic mass is 16.3. The number of benzene rings is 1. The molecule has 0 fully saturated rings. The van der Waals surface area contributed by atoms with Crippen LogP contribution in [-0.4, -0.2) is 20.4 Å². The molecule has 19 heavy (non-hydrogen) atoms. The Morgan fingerprint density at radius 1 is 1.16 bits per heavy atom. The number of phenolic OH excluding ortho intramolecular Hbond substituents is 1. The quantitative estimate of drug-likeness (QED) is 0.688. The molecular formula is C14H11N3O2. The van der Waals surface area contributed by atoms with Crippen molar-refractivity contribution in [3.8, 4) is 5.75 Å². The Kier molecular flexibility index (Phi) is 2.64. The van der Waals surface area contributed by atoms with Gasteiger partial charge in [-0.15, -0.1) is 0 Å². The smallest absolute Gasteiger partial charge is 0.257 e. The van der Waals surface area contributed by atoms with Gasteiger partial charge in [-0.05, 0) is 36.4 Å². The second-order valence-corrected chi connectivity index (χ2v) is 4.11. The maximum Gasteiger partial charge on any atom is 0.257 e. The molecule has 0 unspecified atom stereocenters. The summed E-state index contributed by atoms with van der Waals surface area (Å²) in [4.78, 5) is 16.2. The predicted molar refractivity (Wildman–Crippen MR) is 71.3 cm³/mol. The van der Waals surface area contributed by atoms with Gasteiger partial charge in [-0.2, -0.15) is 0 Å². The third kappa shape index (κ3) is 2.26. The number of fused-ring (bicyclic) bond motifs is 1. The van der Waals surface area contributed by atoms with Gasteiger partial charge < -0.3 is 14.8 Å². The molecular weight excluding hydrogens is 242 g/mol. The van der Waals surface area contributed by atoms with Gasteiger partial charge in [-0.25, -0.2) is 4.98 Å². The summed E-state index contributed by atoms with van der Waals surface area (Å²) in [7, 11) is 0. The average molecular weight is 253 g/mol. The molecule has 5 heteroatoms. The molecule has 2 aromatic heterocycles. The summed E-state index contributed by atoms with van der Waals surface area (Å²) in [6.07, 6.45) is 5.18. The molecule has 2 heterocycles. The number of rotatable bonds is 2. The number of anilines is 1. The van der Waals surface area contributed by atoms with Crippen molar-refractivity contribution >= 4 is 17.2 Å². The molecule has 2 N–H and O–H groups in total. The Labute approximate surface area is 109 Å². The molecule has 94 valence electrons. The lowest BCUT2D eigenvalue weighted by atomic mass is 10.2. The van der Waals surface area contributed by atoms with Crippen LogP contribution in [0, 0.1) is 0 Å². The van der Waals surface area contributed by atoms with Crippen LogP contribution in [0.15, 0.2) is 55.0 Å². The summed E-state index contributed by atoms with van der Waals surface area (Å²) in [5.74, 6) is -0.0425. The van der Waals surface area contributed by atoms with Crippen LogP contribution in [0.4, 0.5) is 5.69 Å². The minimum atomic E-state index is -0.207. The Morgan fingerprint density at radius 3 is 2.74 bits per heavy atom. The molecule has 0 saturated carbocycles. The molecule has 1 amide bonds. The van der Waals surface area contributed by atoms with Crippen LogP contribution in [0.1, 0.15) is 10.4 Å². The second kappa shape index (κ2) is 4.45. The van der Waals surface area contributed by atoms with Gasteiger partial charge in [0, 0.05) is 24.3 Å². The van der Waals surface area contributed by atoms with Crippen LogP contribution in [0.5, 0.6) is 5.75 Å². The molecule has 0 aliphatic rings. The van der Waals surface area contributed by atoms with E-state index in [1.54, 1.807) is 47.3 Å². The summed E-state index contributed by atoms with van der Waals surface area (Å²) in [6, 6.07) is 9.83. The summed E-state index contributed by atoms with van der Waals surface area (Å²) < 4.78 is 1.78. The third-order valence-corrected chi connectivity index (χ3v) is 2.78. The standard InChI is InChI=1S/C14H11N3O2/c18-12-4-2-11(3-5-12)16-14(19)10-1-6-13-15-7-8-17(13)9-10/h1-9,18H,(H,16,19). The van der Waals surface area contributed by atoms with Gasteiger partial charge >= 0.3 is 0 Å². The maximum atomic E-state index is 12.1. The number of hydrogen-bond acceptors (Lipinski definition) is 3. The van der Waals surface area contributed by atoms with Crippen molar-refractivity contribution in [1.82, 2.24) is 9.38 Å². The zero-order valence-electron chi connectivity index (χ0n) is 9.95. The van der Waals surface area contributed by atoms with E-state index in [1.165, 1.54) is 12.1 Å². The van der Waals surface area contributed by atoms with E-state index in [-0.39, 0.29) is 11.7 Å². The van der Waals surface area contributed by atoms with Crippen molar-refractivity contribution in [3.05, 3.63) is 60.6 Å². The third-order valence-electron chi connectivity index (χ3n) is 2.78. The first-order chi connectivity index (χ1) is 9.22. The highest BCUT2D eigenvalue weighted by molar-refractivity contribution is 6.04. The fourth-order valence-corrected chi connectivity index (χ4v) is 1.80. The minimum absolute atomic E-state index is 0.165. The molecule has 0 atom stereocenters. The Hall–Kier alpha value is -2.82. The molecule has 3 aromatic rings. The van der Waals surface area contributed by atoms with E-state index in [1.807, 2.05) is 0 Å². The number of carbonyl (C=O) groups excluding carboxylic acids is 1. The van der Waals surface area contributed by atoms with Gasteiger partial charge in [0.25, 0.3) is 5.91 Å². The fourth-order valence-electron chi connectivity index (χ4n) is 1.80. The van der Waals surface area contributed by atoms with E-state index in [4.69, 9.17) is 0 Å². The van der Waals surface area contributed by atoms with E-state index >= 15 is 0 Å². The largest absolute Gasteiger partial charge is 0.508 e. The van der Waals surface area contributed by atoms with Crippen LogP contribution < -0.4 is 5.32 Å². The van der Waals surface area contributed by atoms with Crippen molar-refractivity contribution in [2.75, 3.05) is 5.32 Å². The zero-order valence-corrected chi connectivity index (χ0v) is 9.95.